The van der Waals surface area contributed by atoms with E-state index in [1.165, 1.54) is 33.4 Å². The van der Waals surface area contributed by atoms with E-state index in [1.807, 2.05) is 0 Å². The summed E-state index contributed by atoms with van der Waals surface area (Å²) in [6.45, 7) is 0. The van der Waals surface area contributed by atoms with Crippen molar-refractivity contribution in [3.8, 4) is 11.1 Å². The third-order valence-electron chi connectivity index (χ3n) is 16.6. The molecule has 14 rings (SSSR count). The van der Waals surface area contributed by atoms with Gasteiger partial charge in [-0.1, -0.05) is 243 Å². The van der Waals surface area contributed by atoms with Crippen molar-refractivity contribution >= 4 is 91.5 Å². The minimum atomic E-state index is 1.06. The van der Waals surface area contributed by atoms with Crippen LogP contribution in [0.5, 0.6) is 0 Å². The van der Waals surface area contributed by atoms with Crippen molar-refractivity contribution in [2.75, 3.05) is 19.6 Å². The van der Waals surface area contributed by atoms with Crippen LogP contribution in [0.3, 0.4) is 0 Å². The van der Waals surface area contributed by atoms with Crippen molar-refractivity contribution in [3.63, 3.8) is 0 Å². The fraction of sp³-hybridized carbons (Fsp3) is 0. The zero-order chi connectivity index (χ0) is 61.7. The van der Waals surface area contributed by atoms with E-state index in [-0.39, 0.29) is 0 Å². The lowest BCUT2D eigenvalue weighted by Crippen LogP contribution is -2.12. The minimum absolute atomic E-state index is 1.06. The Morgan fingerprint density at radius 1 is 0.152 bits per heavy atom. The third kappa shape index (κ3) is 13.0. The zero-order valence-electron chi connectivity index (χ0n) is 50.9. The van der Waals surface area contributed by atoms with Gasteiger partial charge in [-0.15, -0.1) is 0 Å². The Hall–Kier alpha value is -12.2. The van der Waals surface area contributed by atoms with E-state index >= 15 is 0 Å². The molecule has 0 aliphatic carbocycles. The summed E-state index contributed by atoms with van der Waals surface area (Å²) >= 11 is 0. The number of nitrogens with zero attached hydrogens (tertiary/aromatic N) is 4. The summed E-state index contributed by atoms with van der Waals surface area (Å²) in [7, 11) is 0. The van der Waals surface area contributed by atoms with Crippen LogP contribution >= 0.6 is 0 Å². The Balaban J connectivity index is 0.721. The molecule has 0 aliphatic rings. The van der Waals surface area contributed by atoms with Crippen molar-refractivity contribution in [3.05, 3.63) is 422 Å². The van der Waals surface area contributed by atoms with Gasteiger partial charge in [0.1, 0.15) is 0 Å². The maximum Gasteiger partial charge on any atom is 0.0463 e. The summed E-state index contributed by atoms with van der Waals surface area (Å²) < 4.78 is 0. The fourth-order valence-electron chi connectivity index (χ4n) is 12.1. The van der Waals surface area contributed by atoms with E-state index in [4.69, 9.17) is 0 Å². The molecule has 0 heterocycles. The summed E-state index contributed by atoms with van der Waals surface area (Å²) in [5.41, 5.74) is 24.4. The molecule has 4 nitrogen and oxygen atoms in total. The van der Waals surface area contributed by atoms with Gasteiger partial charge in [-0.25, -0.2) is 0 Å². The van der Waals surface area contributed by atoms with Gasteiger partial charge in [0.25, 0.3) is 0 Å². The Morgan fingerprint density at radius 2 is 0.304 bits per heavy atom. The molecule has 14 aromatic rings. The fourth-order valence-corrected chi connectivity index (χ4v) is 12.1. The smallest absolute Gasteiger partial charge is 0.0463 e. The first-order valence-electron chi connectivity index (χ1n) is 31.3. The average molecular weight is 1180 g/mol. The van der Waals surface area contributed by atoms with Crippen LogP contribution in [0.2, 0.25) is 0 Å². The van der Waals surface area contributed by atoms with Gasteiger partial charge < -0.3 is 19.6 Å². The molecule has 4 heteroatoms. The predicted molar refractivity (Wildman–Crippen MR) is 390 cm³/mol. The molecule has 0 unspecified atom stereocenters. The lowest BCUT2D eigenvalue weighted by Gasteiger charge is -2.28. The lowest BCUT2D eigenvalue weighted by molar-refractivity contribution is 1.25. The molecule has 0 aliphatic heterocycles. The SMILES string of the molecule is C(=C(c1ccccc1)c1ccccc1)c1ccc(N(c2ccccc2)c2ccc(N(c3ccccc3)c3ccc(-c4ccc(N(c5ccccc5)c5ccc(N(c6ccccc6)c6ccc(C=C(c7ccccc7)c7ccccc7)cc6)cc5)cc4)cc3)cc2)cc1. The van der Waals surface area contributed by atoms with Gasteiger partial charge in [-0.05, 0) is 213 Å². The van der Waals surface area contributed by atoms with Crippen LogP contribution in [0, 0.1) is 0 Å². The van der Waals surface area contributed by atoms with E-state index in [1.54, 1.807) is 0 Å². The van der Waals surface area contributed by atoms with Gasteiger partial charge >= 0.3 is 0 Å². The van der Waals surface area contributed by atoms with Gasteiger partial charge in [0.15, 0.2) is 0 Å². The van der Waals surface area contributed by atoms with Crippen LogP contribution in [-0.2, 0) is 0 Å². The van der Waals surface area contributed by atoms with E-state index in [2.05, 4.69) is 420 Å². The van der Waals surface area contributed by atoms with Crippen molar-refractivity contribution in [2.24, 2.45) is 0 Å². The number of rotatable bonds is 19. The topological polar surface area (TPSA) is 13.0 Å². The Morgan fingerprint density at radius 3 is 0.500 bits per heavy atom. The van der Waals surface area contributed by atoms with Crippen molar-refractivity contribution < 1.29 is 0 Å². The number of hydrogen-bond acceptors (Lipinski definition) is 4. The molecule has 92 heavy (non-hydrogen) atoms. The quantitative estimate of drug-likeness (QED) is 0.0748. The molecule has 14 aromatic carbocycles. The standard InChI is InChI=1S/C88H66N4/c1-9-25-71(26-10-1)87(72-27-11-2-12-28-72)65-67-41-49-79(50-42-67)89(75-33-17-5-18-34-75)83-57-61-85(62-58-83)91(77-37-21-7-22-38-77)81-53-45-69(46-54-81)70-47-55-82(56-48-70)92(78-39-23-8-24-40-78)86-63-59-84(60-64-86)90(76-35-19-6-20-36-76)80-51-43-68(44-52-80)66-88(73-29-13-3-14-30-73)74-31-15-4-16-32-74/h1-66H. The first kappa shape index (κ1) is 57.5. The van der Waals surface area contributed by atoms with Crippen molar-refractivity contribution in [1.29, 1.82) is 0 Å². The van der Waals surface area contributed by atoms with Crippen LogP contribution in [0.25, 0.3) is 34.4 Å². The molecule has 0 N–H and O–H groups in total. The van der Waals surface area contributed by atoms with Gasteiger partial charge in [0.05, 0.1) is 0 Å². The second-order valence-corrected chi connectivity index (χ2v) is 22.6. The van der Waals surface area contributed by atoms with Crippen LogP contribution in [0.4, 0.5) is 68.2 Å². The number of benzene rings is 14. The maximum absolute atomic E-state index is 2.33. The molecule has 0 radical (unpaired) electrons. The van der Waals surface area contributed by atoms with E-state index in [0.29, 0.717) is 0 Å². The zero-order valence-corrected chi connectivity index (χ0v) is 50.9. The number of para-hydroxylation sites is 4. The van der Waals surface area contributed by atoms with Gasteiger partial charge in [-0.2, -0.15) is 0 Å². The summed E-state index contributed by atoms with van der Waals surface area (Å²) in [5, 5.41) is 0. The molecule has 0 bridgehead atoms. The van der Waals surface area contributed by atoms with E-state index in [0.717, 1.165) is 90.5 Å². The molecular weight excluding hydrogens is 1110 g/mol. The van der Waals surface area contributed by atoms with Gasteiger partial charge in [-0.3, -0.25) is 0 Å². The maximum atomic E-state index is 2.33. The highest BCUT2D eigenvalue weighted by molar-refractivity contribution is 5.94. The summed E-state index contributed by atoms with van der Waals surface area (Å²) in [6, 6.07) is 138. The number of anilines is 12. The third-order valence-corrected chi connectivity index (χ3v) is 16.6. The summed E-state index contributed by atoms with van der Waals surface area (Å²) in [4.78, 5) is 9.30. The largest absolute Gasteiger partial charge is 0.311 e. The first-order chi connectivity index (χ1) is 45.6. The Kier molecular flexibility index (Phi) is 17.1. The molecule has 0 saturated carbocycles. The van der Waals surface area contributed by atoms with E-state index < -0.39 is 0 Å². The van der Waals surface area contributed by atoms with Crippen molar-refractivity contribution in [2.45, 2.75) is 0 Å². The second kappa shape index (κ2) is 27.4. The highest BCUT2D eigenvalue weighted by Gasteiger charge is 2.20. The minimum Gasteiger partial charge on any atom is -0.311 e. The van der Waals surface area contributed by atoms with Crippen LogP contribution < -0.4 is 19.6 Å². The van der Waals surface area contributed by atoms with Crippen LogP contribution in [-0.4, -0.2) is 0 Å². The lowest BCUT2D eigenvalue weighted by atomic mass is 9.95. The number of hydrogen-bond donors (Lipinski definition) is 0. The predicted octanol–water partition coefficient (Wildman–Crippen LogP) is 24.4. The Labute approximate surface area is 540 Å². The molecule has 0 spiro atoms. The molecular formula is C88H66N4. The van der Waals surface area contributed by atoms with Gasteiger partial charge in [0, 0.05) is 68.2 Å². The summed E-state index contributed by atoms with van der Waals surface area (Å²) in [5.74, 6) is 0. The monoisotopic (exact) mass is 1180 g/mol. The van der Waals surface area contributed by atoms with Gasteiger partial charge in [0.2, 0.25) is 0 Å². The molecule has 0 saturated heterocycles. The average Bonchev–Trinajstić information content (AvgIpc) is 1.25. The Bertz CT molecular complexity index is 4290. The molecule has 438 valence electrons. The van der Waals surface area contributed by atoms with Crippen LogP contribution in [0.15, 0.2) is 388 Å². The highest BCUT2D eigenvalue weighted by atomic mass is 15.2. The normalized spacial score (nSPS) is 10.8. The second-order valence-electron chi connectivity index (χ2n) is 22.6. The molecule has 0 fully saturated rings. The first-order valence-corrected chi connectivity index (χ1v) is 31.3. The van der Waals surface area contributed by atoms with Crippen LogP contribution in [0.1, 0.15) is 33.4 Å². The van der Waals surface area contributed by atoms with Crippen molar-refractivity contribution in [1.82, 2.24) is 0 Å². The molecule has 0 atom stereocenters. The molecule has 0 amide bonds. The van der Waals surface area contributed by atoms with E-state index in [9.17, 15) is 0 Å². The summed E-state index contributed by atoms with van der Waals surface area (Å²) in [6.07, 6.45) is 4.57. The highest BCUT2D eigenvalue weighted by Crippen LogP contribution is 2.43. The molecule has 0 aromatic heterocycles.